The number of benzene rings is 2. The van der Waals surface area contributed by atoms with E-state index < -0.39 is 23.2 Å². The molecule has 2 aliphatic carbocycles. The molecule has 2 fully saturated rings. The topological polar surface area (TPSA) is 37.3 Å². The highest BCUT2D eigenvalue weighted by atomic mass is 19.1. The Bertz CT molecular complexity index is 954. The van der Waals surface area contributed by atoms with Crippen LogP contribution in [0.4, 0.5) is 8.78 Å². The Kier molecular flexibility index (Phi) is 7.48. The lowest BCUT2D eigenvalue weighted by molar-refractivity contribution is 0.0692. The Hall–Kier alpha value is -1.97. The maximum Gasteiger partial charge on any atom is 0.338 e. The van der Waals surface area contributed by atoms with Crippen LogP contribution in [0.2, 0.25) is 0 Å². The van der Waals surface area contributed by atoms with Crippen LogP contribution in [-0.4, -0.2) is 11.1 Å². The third-order valence-corrected chi connectivity index (χ3v) is 8.18. The van der Waals surface area contributed by atoms with Gasteiger partial charge in [-0.2, -0.15) is 0 Å². The summed E-state index contributed by atoms with van der Waals surface area (Å²) in [6.45, 7) is 2.26. The summed E-state index contributed by atoms with van der Waals surface area (Å²) < 4.78 is 29.6. The van der Waals surface area contributed by atoms with Crippen LogP contribution in [0.25, 0.3) is 10.8 Å². The Morgan fingerprint density at radius 1 is 0.969 bits per heavy atom. The molecule has 4 unspecified atom stereocenters. The molecule has 2 nitrogen and oxygen atoms in total. The first-order chi connectivity index (χ1) is 15.5. The average molecular weight is 443 g/mol. The van der Waals surface area contributed by atoms with Crippen molar-refractivity contribution in [1.82, 2.24) is 0 Å². The fourth-order valence-corrected chi connectivity index (χ4v) is 6.37. The van der Waals surface area contributed by atoms with Crippen molar-refractivity contribution >= 4 is 16.7 Å². The van der Waals surface area contributed by atoms with Gasteiger partial charge in [0.05, 0.1) is 5.56 Å². The van der Waals surface area contributed by atoms with Crippen molar-refractivity contribution in [3.05, 3.63) is 47.0 Å². The van der Waals surface area contributed by atoms with Gasteiger partial charge in [0.25, 0.3) is 0 Å². The molecule has 174 valence electrons. The predicted molar refractivity (Wildman–Crippen MR) is 125 cm³/mol. The van der Waals surface area contributed by atoms with Crippen LogP contribution in [-0.2, 0) is 0 Å². The second kappa shape index (κ2) is 10.3. The zero-order valence-corrected chi connectivity index (χ0v) is 19.2. The van der Waals surface area contributed by atoms with Crippen LogP contribution in [0.3, 0.4) is 0 Å². The molecule has 0 radical (unpaired) electrons. The second-order valence-corrected chi connectivity index (χ2v) is 10.2. The van der Waals surface area contributed by atoms with Gasteiger partial charge < -0.3 is 5.11 Å². The number of hydrogen-bond acceptors (Lipinski definition) is 1. The summed E-state index contributed by atoms with van der Waals surface area (Å²) in [6, 6.07) is 5.84. The number of carboxylic acids is 1. The van der Waals surface area contributed by atoms with Crippen molar-refractivity contribution in [2.75, 3.05) is 0 Å². The number of hydrogen-bond donors (Lipinski definition) is 1. The summed E-state index contributed by atoms with van der Waals surface area (Å²) in [7, 11) is 0. The van der Waals surface area contributed by atoms with Gasteiger partial charge in [-0.15, -0.1) is 0 Å². The van der Waals surface area contributed by atoms with Gasteiger partial charge in [0.15, 0.2) is 0 Å². The minimum Gasteiger partial charge on any atom is -0.478 e. The maximum atomic E-state index is 15.0. The molecule has 0 bridgehead atoms. The number of halogens is 2. The molecule has 0 spiro atoms. The first-order valence-electron chi connectivity index (χ1n) is 12.6. The van der Waals surface area contributed by atoms with E-state index in [4.69, 9.17) is 5.11 Å². The maximum absolute atomic E-state index is 15.0. The fraction of sp³-hybridized carbons (Fsp3) is 0.607. The van der Waals surface area contributed by atoms with Crippen molar-refractivity contribution < 1.29 is 18.7 Å². The lowest BCUT2D eigenvalue weighted by Gasteiger charge is -2.42. The van der Waals surface area contributed by atoms with E-state index >= 15 is 4.39 Å². The fourth-order valence-electron chi connectivity index (χ4n) is 6.37. The van der Waals surface area contributed by atoms with Crippen LogP contribution in [0.15, 0.2) is 24.3 Å². The molecular weight excluding hydrogens is 406 g/mol. The number of fused-ring (bicyclic) bond motifs is 2. The van der Waals surface area contributed by atoms with E-state index in [0.29, 0.717) is 16.9 Å². The molecule has 0 heterocycles. The monoisotopic (exact) mass is 442 g/mol. The Labute approximate surface area is 190 Å². The van der Waals surface area contributed by atoms with Crippen molar-refractivity contribution in [3.8, 4) is 0 Å². The molecule has 2 saturated carbocycles. The third kappa shape index (κ3) is 5.00. The highest BCUT2D eigenvalue weighted by Crippen LogP contribution is 2.49. The van der Waals surface area contributed by atoms with E-state index in [9.17, 15) is 9.18 Å². The number of unbranched alkanes of at least 4 members (excludes halogenated alkanes) is 4. The number of carbonyl (C=O) groups is 1. The molecule has 4 heteroatoms. The molecule has 4 atom stereocenters. The second-order valence-electron chi connectivity index (χ2n) is 10.2. The van der Waals surface area contributed by atoms with Gasteiger partial charge in [0, 0.05) is 5.39 Å². The zero-order valence-electron chi connectivity index (χ0n) is 19.2. The van der Waals surface area contributed by atoms with Crippen molar-refractivity contribution in [2.45, 2.75) is 89.9 Å². The Morgan fingerprint density at radius 3 is 2.50 bits per heavy atom. The highest BCUT2D eigenvalue weighted by Gasteiger charge is 2.36. The Morgan fingerprint density at radius 2 is 1.72 bits per heavy atom. The molecule has 32 heavy (non-hydrogen) atoms. The molecule has 0 aliphatic heterocycles. The Balaban J connectivity index is 1.40. The lowest BCUT2D eigenvalue weighted by Crippen LogP contribution is -2.30. The van der Waals surface area contributed by atoms with Gasteiger partial charge >= 0.3 is 5.97 Å². The molecule has 4 rings (SSSR count). The van der Waals surface area contributed by atoms with E-state index in [1.54, 1.807) is 12.1 Å². The smallest absolute Gasteiger partial charge is 0.338 e. The van der Waals surface area contributed by atoms with Gasteiger partial charge in [0.1, 0.15) is 11.6 Å². The lowest BCUT2D eigenvalue weighted by atomic mass is 9.63. The van der Waals surface area contributed by atoms with Crippen molar-refractivity contribution in [2.24, 2.45) is 17.8 Å². The predicted octanol–water partition coefficient (Wildman–Crippen LogP) is 8.48. The highest BCUT2D eigenvalue weighted by molar-refractivity contribution is 5.95. The van der Waals surface area contributed by atoms with Crippen LogP contribution in [0.1, 0.15) is 106 Å². The van der Waals surface area contributed by atoms with Gasteiger partial charge in [0.2, 0.25) is 0 Å². The van der Waals surface area contributed by atoms with Crippen LogP contribution >= 0.6 is 0 Å². The van der Waals surface area contributed by atoms with Crippen molar-refractivity contribution in [3.63, 3.8) is 0 Å². The molecule has 0 saturated heterocycles. The summed E-state index contributed by atoms with van der Waals surface area (Å²) in [5.41, 5.74) is 0.267. The minimum atomic E-state index is -1.33. The molecule has 2 aliphatic rings. The van der Waals surface area contributed by atoms with Gasteiger partial charge in [-0.1, -0.05) is 57.9 Å². The SMILES string of the molecule is CCCCCCCC1CCC2CC(c3cc4ccc(C(=O)O)c(F)c4cc3F)CCC2C1. The molecule has 0 aromatic heterocycles. The molecule has 2 aromatic rings. The summed E-state index contributed by atoms with van der Waals surface area (Å²) in [4.78, 5) is 11.2. The first-order valence-corrected chi connectivity index (χ1v) is 12.6. The third-order valence-electron chi connectivity index (χ3n) is 8.18. The average Bonchev–Trinajstić information content (AvgIpc) is 2.78. The number of aromatic carboxylic acids is 1. The van der Waals surface area contributed by atoms with Crippen molar-refractivity contribution in [1.29, 1.82) is 0 Å². The van der Waals surface area contributed by atoms with Gasteiger partial charge in [-0.05, 0) is 84.9 Å². The quantitative estimate of drug-likeness (QED) is 0.416. The molecule has 1 N–H and O–H groups in total. The standard InChI is InChI=1S/C28H36F2O2/c1-2-3-4-5-6-7-18-8-9-20-15-21(11-10-19(20)14-18)24-16-22-12-13-23(28(31)32)27(30)25(22)17-26(24)29/h12-13,16-21H,2-11,14-15H2,1H3,(H,31,32). The van der Waals surface area contributed by atoms with E-state index in [0.717, 1.165) is 31.1 Å². The van der Waals surface area contributed by atoms with E-state index in [1.807, 2.05) is 0 Å². The number of rotatable bonds is 8. The van der Waals surface area contributed by atoms with Gasteiger partial charge in [-0.3, -0.25) is 0 Å². The molecule has 2 aromatic carbocycles. The minimum absolute atomic E-state index is 0.0549. The zero-order chi connectivity index (χ0) is 22.7. The van der Waals surface area contributed by atoms with E-state index in [2.05, 4.69) is 6.92 Å². The van der Waals surface area contributed by atoms with Crippen LogP contribution < -0.4 is 0 Å². The van der Waals surface area contributed by atoms with Gasteiger partial charge in [-0.25, -0.2) is 13.6 Å². The van der Waals surface area contributed by atoms with E-state index in [-0.39, 0.29) is 11.3 Å². The molecule has 0 amide bonds. The first kappa shape index (κ1) is 23.2. The summed E-state index contributed by atoms with van der Waals surface area (Å²) in [6.07, 6.45) is 15.2. The normalized spacial score (nSPS) is 25.6. The van der Waals surface area contributed by atoms with E-state index in [1.165, 1.54) is 69.9 Å². The largest absolute Gasteiger partial charge is 0.478 e. The summed E-state index contributed by atoms with van der Waals surface area (Å²) in [5.74, 6) is -0.0816. The van der Waals surface area contributed by atoms with Crippen LogP contribution in [0.5, 0.6) is 0 Å². The molecular formula is C28H36F2O2. The summed E-state index contributed by atoms with van der Waals surface area (Å²) >= 11 is 0. The van der Waals surface area contributed by atoms with Crippen LogP contribution in [0, 0.1) is 29.4 Å². The number of carboxylic acid groups (broad SMARTS) is 1. The summed E-state index contributed by atoms with van der Waals surface area (Å²) in [5, 5.41) is 9.77.